The second-order valence-corrected chi connectivity index (χ2v) is 8.37. The maximum absolute atomic E-state index is 12.5. The lowest BCUT2D eigenvalue weighted by Gasteiger charge is -2.34. The van der Waals surface area contributed by atoms with Gasteiger partial charge in [0, 0.05) is 0 Å². The molecule has 0 bridgehead atoms. The first-order valence-corrected chi connectivity index (χ1v) is 10.5. The highest BCUT2D eigenvalue weighted by molar-refractivity contribution is 6.57. The monoisotopic (exact) mass is 395 g/mol. The molecule has 1 aliphatic carbocycles. The number of nitrogens with zero attached hydrogens (tertiary/aromatic N) is 1. The van der Waals surface area contributed by atoms with Crippen LogP contribution in [-0.2, 0) is 20.7 Å². The molecule has 29 heavy (non-hydrogen) atoms. The Labute approximate surface area is 174 Å². The largest absolute Gasteiger partial charge is 0.466 e. The first kappa shape index (κ1) is 21.6. The fourth-order valence-corrected chi connectivity index (χ4v) is 4.75. The fraction of sp³-hybridized carbons (Fsp3) is 0.565. The molecule has 3 rings (SSSR count). The minimum absolute atomic E-state index is 0.117. The Morgan fingerprint density at radius 2 is 1.90 bits per heavy atom. The van der Waals surface area contributed by atoms with Gasteiger partial charge in [0.15, 0.2) is 5.81 Å². The van der Waals surface area contributed by atoms with Gasteiger partial charge in [-0.2, -0.15) is 0 Å². The first-order chi connectivity index (χ1) is 13.8. The second-order valence-electron chi connectivity index (χ2n) is 8.37. The zero-order valence-corrected chi connectivity index (χ0v) is 17.5. The predicted molar refractivity (Wildman–Crippen MR) is 112 cm³/mol. The lowest BCUT2D eigenvalue weighted by Crippen LogP contribution is -2.49. The summed E-state index contributed by atoms with van der Waals surface area (Å²) in [6, 6.07) is 9.86. The Balaban J connectivity index is 1.83. The number of amides is 1. The van der Waals surface area contributed by atoms with Crippen LogP contribution in [0.2, 0.25) is 0 Å². The Morgan fingerprint density at radius 3 is 2.55 bits per heavy atom. The molecule has 154 valence electrons. The van der Waals surface area contributed by atoms with E-state index >= 15 is 0 Å². The van der Waals surface area contributed by atoms with Crippen LogP contribution in [0.5, 0.6) is 0 Å². The van der Waals surface area contributed by atoms with E-state index in [4.69, 9.17) is 17.3 Å². The van der Waals surface area contributed by atoms with Crippen molar-refractivity contribution in [3.05, 3.63) is 48.0 Å². The van der Waals surface area contributed by atoms with E-state index in [1.54, 1.807) is 4.90 Å². The predicted octanol–water partition coefficient (Wildman–Crippen LogP) is 3.86. The SMILES string of the molecule is [B]C(=O)N1[C@@H](Cc2ccccc2)[C@@H](CC2CC=CCC2C(=O)OCC)OC1(C)C. The smallest absolute Gasteiger partial charge is 0.309 e. The Hall–Kier alpha value is -2.08. The lowest BCUT2D eigenvalue weighted by molar-refractivity contribution is -0.150. The van der Waals surface area contributed by atoms with Crippen LogP contribution in [0.1, 0.15) is 45.6 Å². The molecule has 0 N–H and O–H groups in total. The van der Waals surface area contributed by atoms with Crippen molar-refractivity contribution in [1.29, 1.82) is 0 Å². The van der Waals surface area contributed by atoms with Gasteiger partial charge in [0.2, 0.25) is 7.85 Å². The molecule has 1 amide bonds. The minimum atomic E-state index is -0.792. The van der Waals surface area contributed by atoms with Gasteiger partial charge in [-0.1, -0.05) is 42.5 Å². The minimum Gasteiger partial charge on any atom is -0.466 e. The third kappa shape index (κ3) is 4.92. The fourth-order valence-electron chi connectivity index (χ4n) is 4.75. The summed E-state index contributed by atoms with van der Waals surface area (Å²) in [5.74, 6) is -0.688. The molecule has 2 aliphatic rings. The second kappa shape index (κ2) is 9.16. The Morgan fingerprint density at radius 1 is 1.21 bits per heavy atom. The van der Waals surface area contributed by atoms with Gasteiger partial charge in [-0.3, -0.25) is 9.59 Å². The van der Waals surface area contributed by atoms with E-state index in [0.29, 0.717) is 25.9 Å². The van der Waals surface area contributed by atoms with Crippen LogP contribution in [0.15, 0.2) is 42.5 Å². The molecule has 0 saturated carbocycles. The number of ether oxygens (including phenoxy) is 2. The molecule has 1 aromatic rings. The van der Waals surface area contributed by atoms with E-state index in [9.17, 15) is 9.59 Å². The third-order valence-electron chi connectivity index (χ3n) is 5.99. The van der Waals surface area contributed by atoms with Crippen molar-refractivity contribution in [1.82, 2.24) is 4.90 Å². The number of carbonyl (C=O) groups is 2. The van der Waals surface area contributed by atoms with Crippen LogP contribution in [0.3, 0.4) is 0 Å². The van der Waals surface area contributed by atoms with Gasteiger partial charge < -0.3 is 14.4 Å². The first-order valence-electron chi connectivity index (χ1n) is 10.5. The zero-order chi connectivity index (χ0) is 21.0. The lowest BCUT2D eigenvalue weighted by atomic mass is 9.78. The molecular weight excluding hydrogens is 365 g/mol. The molecule has 1 fully saturated rings. The van der Waals surface area contributed by atoms with Crippen LogP contribution in [0.4, 0.5) is 4.79 Å². The molecule has 1 aromatic carbocycles. The van der Waals surface area contributed by atoms with Crippen LogP contribution < -0.4 is 0 Å². The molecule has 1 saturated heterocycles. The normalized spacial score (nSPS) is 28.3. The highest BCUT2D eigenvalue weighted by atomic mass is 16.5. The average molecular weight is 395 g/mol. The van der Waals surface area contributed by atoms with Gasteiger partial charge in [-0.05, 0) is 57.9 Å². The van der Waals surface area contributed by atoms with Crippen molar-refractivity contribution >= 4 is 19.6 Å². The van der Waals surface area contributed by atoms with Crippen LogP contribution in [0, 0.1) is 11.8 Å². The van der Waals surface area contributed by atoms with Gasteiger partial charge in [0.25, 0.3) is 0 Å². The van der Waals surface area contributed by atoms with E-state index in [2.05, 4.69) is 12.2 Å². The van der Waals surface area contributed by atoms with Gasteiger partial charge in [-0.25, -0.2) is 0 Å². The highest BCUT2D eigenvalue weighted by Crippen LogP contribution is 2.40. The van der Waals surface area contributed by atoms with Crippen molar-refractivity contribution in [3.8, 4) is 0 Å². The summed E-state index contributed by atoms with van der Waals surface area (Å²) in [6.07, 6.45) is 6.79. The standard InChI is InChI=1S/C23H30BNO4/c1-4-28-21(26)18-13-9-8-12-17(18)15-20-19(14-16-10-6-5-7-11-16)25(22(24)27)23(2,3)29-20/h5-11,17-20H,4,12-15H2,1-3H3/t17?,18?,19-,20+/m0/s1. The van der Waals surface area contributed by atoms with Crippen molar-refractivity contribution in [2.75, 3.05) is 6.61 Å². The highest BCUT2D eigenvalue weighted by Gasteiger charge is 2.49. The van der Waals surface area contributed by atoms with Crippen molar-refractivity contribution in [2.45, 2.75) is 64.3 Å². The summed E-state index contributed by atoms with van der Waals surface area (Å²) >= 11 is 0. The maximum atomic E-state index is 12.5. The van der Waals surface area contributed by atoms with Gasteiger partial charge >= 0.3 is 5.97 Å². The summed E-state index contributed by atoms with van der Waals surface area (Å²) in [4.78, 5) is 26.4. The third-order valence-corrected chi connectivity index (χ3v) is 5.99. The van der Waals surface area contributed by atoms with Gasteiger partial charge in [0.05, 0.1) is 24.7 Å². The number of rotatable bonds is 6. The summed E-state index contributed by atoms with van der Waals surface area (Å²) < 4.78 is 11.6. The molecule has 0 aromatic heterocycles. The van der Waals surface area contributed by atoms with Crippen LogP contribution in [0.25, 0.3) is 0 Å². The number of esters is 1. The van der Waals surface area contributed by atoms with E-state index in [1.807, 2.05) is 51.1 Å². The quantitative estimate of drug-likeness (QED) is 0.417. The van der Waals surface area contributed by atoms with Gasteiger partial charge in [-0.15, -0.1) is 0 Å². The maximum Gasteiger partial charge on any atom is 0.309 e. The summed E-state index contributed by atoms with van der Waals surface area (Å²) in [6.45, 7) is 5.96. The number of carbonyl (C=O) groups excluding carboxylic acids is 2. The van der Waals surface area contributed by atoms with E-state index in [1.165, 1.54) is 0 Å². The molecule has 1 aliphatic heterocycles. The van der Waals surface area contributed by atoms with Crippen LogP contribution in [-0.4, -0.2) is 49.0 Å². The molecule has 0 spiro atoms. The number of hydrogen-bond acceptors (Lipinski definition) is 4. The Bertz CT molecular complexity index is 749. The zero-order valence-electron chi connectivity index (χ0n) is 17.5. The summed E-state index contributed by atoms with van der Waals surface area (Å²) in [5.41, 5.74) is 0.334. The molecule has 5 nitrogen and oxygen atoms in total. The molecule has 2 radical (unpaired) electrons. The molecule has 6 heteroatoms. The molecule has 1 heterocycles. The topological polar surface area (TPSA) is 55.8 Å². The van der Waals surface area contributed by atoms with E-state index < -0.39 is 11.5 Å². The average Bonchev–Trinajstić information content (AvgIpc) is 2.92. The molecular formula is C23H30BNO4. The molecule has 2 unspecified atom stereocenters. The molecule has 4 atom stereocenters. The number of hydrogen-bond donors (Lipinski definition) is 0. The van der Waals surface area contributed by atoms with E-state index in [0.717, 1.165) is 12.0 Å². The van der Waals surface area contributed by atoms with E-state index in [-0.39, 0.29) is 30.0 Å². The summed E-state index contributed by atoms with van der Waals surface area (Å²) in [7, 11) is 5.75. The van der Waals surface area contributed by atoms with Gasteiger partial charge in [0.1, 0.15) is 5.72 Å². The summed E-state index contributed by atoms with van der Waals surface area (Å²) in [5, 5.41) is 0. The van der Waals surface area contributed by atoms with Crippen molar-refractivity contribution < 1.29 is 19.1 Å². The number of benzene rings is 1. The van der Waals surface area contributed by atoms with Crippen molar-refractivity contribution in [2.24, 2.45) is 11.8 Å². The van der Waals surface area contributed by atoms with Crippen LogP contribution >= 0.6 is 0 Å². The Kier molecular flexibility index (Phi) is 6.83. The number of allylic oxidation sites excluding steroid dienone is 2. The van der Waals surface area contributed by atoms with Crippen molar-refractivity contribution in [3.63, 3.8) is 0 Å².